The number of nitrogens with zero attached hydrogens (tertiary/aromatic N) is 2. The van der Waals surface area contributed by atoms with Crippen LogP contribution in [0.15, 0.2) is 53.0 Å². The number of rotatable bonds is 8. The van der Waals surface area contributed by atoms with Gasteiger partial charge in [-0.2, -0.15) is 0 Å². The van der Waals surface area contributed by atoms with Gasteiger partial charge in [0.1, 0.15) is 12.3 Å². The van der Waals surface area contributed by atoms with Gasteiger partial charge in [-0.15, -0.1) is 0 Å². The molecular formula is C24H28BrN3O3. The molecule has 1 aromatic heterocycles. The van der Waals surface area contributed by atoms with Crippen LogP contribution in [0, 0.1) is 6.92 Å². The molecule has 1 atom stereocenters. The Kier molecular flexibility index (Phi) is 7.38. The summed E-state index contributed by atoms with van der Waals surface area (Å²) in [6, 6.07) is 15.3. The van der Waals surface area contributed by atoms with Gasteiger partial charge in [0.2, 0.25) is 5.91 Å². The van der Waals surface area contributed by atoms with E-state index in [1.54, 1.807) is 14.1 Å². The molecule has 1 N–H and O–H groups in total. The maximum atomic E-state index is 13.0. The number of para-hydroxylation sites is 2. The molecule has 1 heterocycles. The van der Waals surface area contributed by atoms with Crippen LogP contribution < -0.4 is 10.1 Å². The van der Waals surface area contributed by atoms with Crippen LogP contribution in [0.2, 0.25) is 0 Å². The Labute approximate surface area is 191 Å². The van der Waals surface area contributed by atoms with Gasteiger partial charge in [-0.3, -0.25) is 9.59 Å². The van der Waals surface area contributed by atoms with Gasteiger partial charge < -0.3 is 19.5 Å². The highest BCUT2D eigenvalue weighted by molar-refractivity contribution is 9.10. The molecule has 0 aliphatic carbocycles. The summed E-state index contributed by atoms with van der Waals surface area (Å²) in [4.78, 5) is 26.4. The van der Waals surface area contributed by atoms with Crippen molar-refractivity contribution in [2.75, 3.05) is 20.7 Å². The van der Waals surface area contributed by atoms with Crippen LogP contribution in [-0.4, -0.2) is 42.0 Å². The zero-order valence-electron chi connectivity index (χ0n) is 18.3. The molecule has 31 heavy (non-hydrogen) atoms. The molecule has 164 valence electrons. The van der Waals surface area contributed by atoms with Gasteiger partial charge in [-0.1, -0.05) is 43.3 Å². The second-order valence-electron chi connectivity index (χ2n) is 7.65. The first-order valence-electron chi connectivity index (χ1n) is 10.3. The molecule has 2 amide bonds. The fraction of sp³-hybridized carbons (Fsp3) is 0.333. The summed E-state index contributed by atoms with van der Waals surface area (Å²) in [5, 5.41) is 4.22. The summed E-state index contributed by atoms with van der Waals surface area (Å²) in [6.07, 6.45) is 0.697. The third kappa shape index (κ3) is 5.10. The summed E-state index contributed by atoms with van der Waals surface area (Å²) in [5.41, 5.74) is 2.89. The summed E-state index contributed by atoms with van der Waals surface area (Å²) in [6.45, 7) is 4.19. The van der Waals surface area contributed by atoms with Gasteiger partial charge in [-0.25, -0.2) is 0 Å². The number of benzene rings is 2. The van der Waals surface area contributed by atoms with Crippen molar-refractivity contribution >= 4 is 38.6 Å². The highest BCUT2D eigenvalue weighted by Gasteiger charge is 2.20. The van der Waals surface area contributed by atoms with E-state index >= 15 is 0 Å². The Morgan fingerprint density at radius 3 is 2.52 bits per heavy atom. The largest absolute Gasteiger partial charge is 0.483 e. The maximum Gasteiger partial charge on any atom is 0.259 e. The van der Waals surface area contributed by atoms with Gasteiger partial charge >= 0.3 is 0 Å². The number of halogens is 1. The molecule has 0 bridgehead atoms. The van der Waals surface area contributed by atoms with E-state index in [0.29, 0.717) is 12.2 Å². The smallest absolute Gasteiger partial charge is 0.259 e. The minimum absolute atomic E-state index is 0.0447. The van der Waals surface area contributed by atoms with Gasteiger partial charge in [-0.05, 0) is 41.4 Å². The highest BCUT2D eigenvalue weighted by Crippen LogP contribution is 2.31. The number of amides is 2. The van der Waals surface area contributed by atoms with E-state index in [2.05, 4.69) is 21.2 Å². The van der Waals surface area contributed by atoms with E-state index in [0.717, 1.165) is 26.6 Å². The molecule has 6 nitrogen and oxygen atoms in total. The first-order valence-corrected chi connectivity index (χ1v) is 11.1. The van der Waals surface area contributed by atoms with Crippen LogP contribution >= 0.6 is 15.9 Å². The molecule has 0 fully saturated rings. The van der Waals surface area contributed by atoms with Crippen molar-refractivity contribution in [1.82, 2.24) is 14.8 Å². The normalized spacial score (nSPS) is 11.9. The lowest BCUT2D eigenvalue weighted by Gasteiger charge is -2.21. The Bertz CT molecular complexity index is 1090. The zero-order valence-corrected chi connectivity index (χ0v) is 19.9. The van der Waals surface area contributed by atoms with Crippen molar-refractivity contribution in [2.45, 2.75) is 32.9 Å². The fourth-order valence-electron chi connectivity index (χ4n) is 3.54. The van der Waals surface area contributed by atoms with Crippen LogP contribution in [-0.2, 0) is 16.1 Å². The molecule has 0 saturated carbocycles. The van der Waals surface area contributed by atoms with Gasteiger partial charge in [0.25, 0.3) is 5.91 Å². The first kappa shape index (κ1) is 22.9. The van der Waals surface area contributed by atoms with E-state index < -0.39 is 0 Å². The molecule has 0 spiro atoms. The number of hydrogen-bond acceptors (Lipinski definition) is 3. The Balaban J connectivity index is 1.77. The van der Waals surface area contributed by atoms with Crippen LogP contribution in [0.25, 0.3) is 10.9 Å². The summed E-state index contributed by atoms with van der Waals surface area (Å²) >= 11 is 3.64. The van der Waals surface area contributed by atoms with Crippen molar-refractivity contribution in [3.63, 3.8) is 0 Å². The van der Waals surface area contributed by atoms with Gasteiger partial charge in [0, 0.05) is 40.7 Å². The number of carbonyl (C=O) groups excluding carboxylic acids is 2. The molecular weight excluding hydrogens is 458 g/mol. The predicted molar refractivity (Wildman–Crippen MR) is 126 cm³/mol. The summed E-state index contributed by atoms with van der Waals surface area (Å²) in [7, 11) is 3.38. The van der Waals surface area contributed by atoms with Crippen molar-refractivity contribution < 1.29 is 14.3 Å². The molecule has 1 unspecified atom stereocenters. The molecule has 7 heteroatoms. The van der Waals surface area contributed by atoms with E-state index in [-0.39, 0.29) is 31.0 Å². The molecule has 3 rings (SSSR count). The third-order valence-electron chi connectivity index (χ3n) is 5.34. The Morgan fingerprint density at radius 2 is 1.81 bits per heavy atom. The van der Waals surface area contributed by atoms with Gasteiger partial charge in [0.05, 0.1) is 6.04 Å². The number of aromatic nitrogens is 1. The SMILES string of the molecule is CCC(NC(=O)Cn1c(C)c(Br)c2ccccc21)c1ccccc1OCC(=O)N(C)C. The molecule has 0 saturated heterocycles. The number of hydrogen-bond donors (Lipinski definition) is 1. The minimum atomic E-state index is -0.219. The second-order valence-corrected chi connectivity index (χ2v) is 8.44. The highest BCUT2D eigenvalue weighted by atomic mass is 79.9. The third-order valence-corrected chi connectivity index (χ3v) is 6.34. The van der Waals surface area contributed by atoms with E-state index in [1.165, 1.54) is 4.90 Å². The van der Waals surface area contributed by atoms with Crippen LogP contribution in [0.4, 0.5) is 0 Å². The summed E-state index contributed by atoms with van der Waals surface area (Å²) in [5.74, 6) is 0.407. The number of likely N-dealkylation sites (N-methyl/N-ethyl adjacent to an activating group) is 1. The molecule has 2 aromatic carbocycles. The zero-order chi connectivity index (χ0) is 22.5. The molecule has 3 aromatic rings. The Morgan fingerprint density at radius 1 is 1.13 bits per heavy atom. The molecule has 0 aliphatic heterocycles. The van der Waals surface area contributed by atoms with E-state index in [9.17, 15) is 9.59 Å². The van der Waals surface area contributed by atoms with E-state index in [4.69, 9.17) is 4.74 Å². The van der Waals surface area contributed by atoms with Crippen molar-refractivity contribution in [1.29, 1.82) is 0 Å². The van der Waals surface area contributed by atoms with Crippen molar-refractivity contribution in [3.8, 4) is 5.75 Å². The lowest BCUT2D eigenvalue weighted by molar-refractivity contribution is -0.130. The molecule has 0 aliphatic rings. The maximum absolute atomic E-state index is 13.0. The Hall–Kier alpha value is -2.80. The number of fused-ring (bicyclic) bond motifs is 1. The van der Waals surface area contributed by atoms with E-state index in [1.807, 2.05) is 66.9 Å². The van der Waals surface area contributed by atoms with Crippen molar-refractivity contribution in [2.24, 2.45) is 0 Å². The fourth-order valence-corrected chi connectivity index (χ4v) is 4.09. The second kappa shape index (κ2) is 10.0. The standard InChI is InChI=1S/C24H28BrN3O3/c1-5-19(17-10-7-9-13-21(17)31-15-23(30)27(3)4)26-22(29)14-28-16(2)24(25)18-11-6-8-12-20(18)28/h6-13,19H,5,14-15H2,1-4H3,(H,26,29). The predicted octanol–water partition coefficient (Wildman–Crippen LogP) is 4.45. The lowest BCUT2D eigenvalue weighted by atomic mass is 10.0. The number of ether oxygens (including phenoxy) is 1. The minimum Gasteiger partial charge on any atom is -0.483 e. The average Bonchev–Trinajstić information content (AvgIpc) is 3.01. The first-order chi connectivity index (χ1) is 14.8. The average molecular weight is 486 g/mol. The lowest BCUT2D eigenvalue weighted by Crippen LogP contribution is -2.32. The number of nitrogens with one attached hydrogen (secondary N) is 1. The topological polar surface area (TPSA) is 63.6 Å². The number of carbonyl (C=O) groups is 2. The van der Waals surface area contributed by atoms with Crippen LogP contribution in [0.3, 0.4) is 0 Å². The summed E-state index contributed by atoms with van der Waals surface area (Å²) < 4.78 is 8.79. The molecule has 0 radical (unpaired) electrons. The van der Waals surface area contributed by atoms with Crippen LogP contribution in [0.5, 0.6) is 5.75 Å². The van der Waals surface area contributed by atoms with Crippen molar-refractivity contribution in [3.05, 3.63) is 64.3 Å². The quantitative estimate of drug-likeness (QED) is 0.512. The van der Waals surface area contributed by atoms with Crippen LogP contribution in [0.1, 0.15) is 30.6 Å². The monoisotopic (exact) mass is 485 g/mol. The van der Waals surface area contributed by atoms with Gasteiger partial charge in [0.15, 0.2) is 6.61 Å².